The molecule has 130 valence electrons. The molecule has 2 aromatic rings. The van der Waals surface area contributed by atoms with Crippen LogP contribution in [-0.2, 0) is 16.0 Å². The van der Waals surface area contributed by atoms with Crippen LogP contribution in [0.2, 0.25) is 0 Å². The summed E-state index contributed by atoms with van der Waals surface area (Å²) in [4.78, 5) is 24.1. The number of amides is 2. The van der Waals surface area contributed by atoms with Gasteiger partial charge in [0.1, 0.15) is 17.2 Å². The van der Waals surface area contributed by atoms with Gasteiger partial charge in [0.2, 0.25) is 5.91 Å². The number of fused-ring (bicyclic) bond motifs is 1. The average molecular weight is 340 g/mol. The second kappa shape index (κ2) is 7.25. The highest BCUT2D eigenvalue weighted by Crippen LogP contribution is 2.36. The van der Waals surface area contributed by atoms with Crippen LogP contribution in [-0.4, -0.2) is 24.5 Å². The Hall–Kier alpha value is -3.02. The number of rotatable bonds is 5. The van der Waals surface area contributed by atoms with Crippen LogP contribution in [0.1, 0.15) is 19.4 Å². The van der Waals surface area contributed by atoms with Crippen LogP contribution in [0, 0.1) is 0 Å². The summed E-state index contributed by atoms with van der Waals surface area (Å²) in [6, 6.07) is 12.7. The van der Waals surface area contributed by atoms with Crippen molar-refractivity contribution in [3.63, 3.8) is 0 Å². The number of carbonyl (C=O) groups is 2. The van der Waals surface area contributed by atoms with E-state index in [0.29, 0.717) is 23.7 Å². The zero-order valence-electron chi connectivity index (χ0n) is 14.2. The van der Waals surface area contributed by atoms with Gasteiger partial charge in [-0.15, -0.1) is 0 Å². The molecule has 0 radical (unpaired) electrons. The van der Waals surface area contributed by atoms with Gasteiger partial charge in [0.15, 0.2) is 6.10 Å². The second-order valence-corrected chi connectivity index (χ2v) is 5.73. The van der Waals surface area contributed by atoms with Gasteiger partial charge in [0.25, 0.3) is 5.91 Å². The Bertz CT molecular complexity index is 787. The van der Waals surface area contributed by atoms with E-state index in [1.807, 2.05) is 31.2 Å². The highest BCUT2D eigenvalue weighted by molar-refractivity contribution is 6.04. The molecule has 1 unspecified atom stereocenters. The maximum absolute atomic E-state index is 12.3. The van der Waals surface area contributed by atoms with Crippen LogP contribution in [0.3, 0.4) is 0 Å². The summed E-state index contributed by atoms with van der Waals surface area (Å²) in [5.41, 5.74) is 1.89. The lowest BCUT2D eigenvalue weighted by atomic mass is 10.1. The Morgan fingerprint density at radius 1 is 1.24 bits per heavy atom. The molecule has 2 aromatic carbocycles. The predicted octanol–water partition coefficient (Wildman–Crippen LogP) is 2.99. The summed E-state index contributed by atoms with van der Waals surface area (Å²) in [7, 11) is 0. The molecule has 2 amide bonds. The minimum Gasteiger partial charge on any atom is -0.494 e. The molecule has 1 aliphatic rings. The molecule has 3 rings (SSSR count). The molecule has 6 nitrogen and oxygen atoms in total. The molecular weight excluding hydrogens is 320 g/mol. The van der Waals surface area contributed by atoms with Crippen molar-refractivity contribution in [1.29, 1.82) is 0 Å². The van der Waals surface area contributed by atoms with E-state index in [2.05, 4.69) is 10.6 Å². The number of benzene rings is 2. The summed E-state index contributed by atoms with van der Waals surface area (Å²) in [5.74, 6) is 0.912. The first-order valence-corrected chi connectivity index (χ1v) is 8.19. The van der Waals surface area contributed by atoms with E-state index < -0.39 is 6.10 Å². The van der Waals surface area contributed by atoms with Gasteiger partial charge in [-0.3, -0.25) is 9.59 Å². The quantitative estimate of drug-likeness (QED) is 0.877. The van der Waals surface area contributed by atoms with E-state index in [9.17, 15) is 9.59 Å². The Morgan fingerprint density at radius 3 is 2.72 bits per heavy atom. The third-order valence-electron chi connectivity index (χ3n) is 3.82. The fourth-order valence-corrected chi connectivity index (χ4v) is 2.58. The number of carbonyl (C=O) groups excluding carboxylic acids is 2. The second-order valence-electron chi connectivity index (χ2n) is 5.73. The van der Waals surface area contributed by atoms with Gasteiger partial charge in [-0.2, -0.15) is 0 Å². The van der Waals surface area contributed by atoms with Gasteiger partial charge in [-0.1, -0.05) is 18.2 Å². The summed E-state index contributed by atoms with van der Waals surface area (Å²) in [6.07, 6.45) is -0.330. The lowest BCUT2D eigenvalue weighted by molar-refractivity contribution is -0.122. The Balaban J connectivity index is 1.69. The van der Waals surface area contributed by atoms with Crippen molar-refractivity contribution < 1.29 is 19.1 Å². The smallest absolute Gasteiger partial charge is 0.265 e. The molecule has 0 saturated carbocycles. The van der Waals surface area contributed by atoms with Crippen LogP contribution in [0.15, 0.2) is 42.5 Å². The maximum atomic E-state index is 12.3. The third kappa shape index (κ3) is 3.91. The minimum absolute atomic E-state index is 0.176. The molecule has 1 aliphatic heterocycles. The van der Waals surface area contributed by atoms with Gasteiger partial charge in [0.05, 0.1) is 18.7 Å². The summed E-state index contributed by atoms with van der Waals surface area (Å²) < 4.78 is 10.9. The average Bonchev–Trinajstić information content (AvgIpc) is 2.58. The number of ether oxygens (including phenoxy) is 2. The molecule has 25 heavy (non-hydrogen) atoms. The SMILES string of the molecule is CCOc1ccc(CC(=O)Nc2cccc3c2NC(=O)C(C)O3)cc1. The highest BCUT2D eigenvalue weighted by Gasteiger charge is 2.25. The third-order valence-corrected chi connectivity index (χ3v) is 3.82. The van der Waals surface area contributed by atoms with E-state index in [4.69, 9.17) is 9.47 Å². The number of nitrogens with one attached hydrogen (secondary N) is 2. The van der Waals surface area contributed by atoms with E-state index in [1.54, 1.807) is 25.1 Å². The molecule has 0 aliphatic carbocycles. The first-order chi connectivity index (χ1) is 12.1. The predicted molar refractivity (Wildman–Crippen MR) is 95.1 cm³/mol. The van der Waals surface area contributed by atoms with E-state index in [0.717, 1.165) is 11.3 Å². The Kier molecular flexibility index (Phi) is 4.88. The molecule has 6 heteroatoms. The molecule has 0 bridgehead atoms. The molecule has 0 fully saturated rings. The monoisotopic (exact) mass is 340 g/mol. The van der Waals surface area contributed by atoms with Gasteiger partial charge in [-0.25, -0.2) is 0 Å². The van der Waals surface area contributed by atoms with Crippen molar-refractivity contribution >= 4 is 23.2 Å². The van der Waals surface area contributed by atoms with Crippen molar-refractivity contribution in [1.82, 2.24) is 0 Å². The first-order valence-electron chi connectivity index (χ1n) is 8.19. The molecular formula is C19H20N2O4. The fourth-order valence-electron chi connectivity index (χ4n) is 2.58. The maximum Gasteiger partial charge on any atom is 0.265 e. The van der Waals surface area contributed by atoms with Crippen molar-refractivity contribution in [2.45, 2.75) is 26.4 Å². The molecule has 1 heterocycles. The minimum atomic E-state index is -0.553. The summed E-state index contributed by atoms with van der Waals surface area (Å²) in [6.45, 7) is 4.20. The molecule has 0 saturated heterocycles. The lowest BCUT2D eigenvalue weighted by Crippen LogP contribution is -2.35. The number of anilines is 2. The van der Waals surface area contributed by atoms with Crippen LogP contribution in [0.25, 0.3) is 0 Å². The lowest BCUT2D eigenvalue weighted by Gasteiger charge is -2.25. The topological polar surface area (TPSA) is 76.7 Å². The first kappa shape index (κ1) is 16.8. The van der Waals surface area contributed by atoms with Crippen LogP contribution in [0.5, 0.6) is 11.5 Å². The van der Waals surface area contributed by atoms with Gasteiger partial charge < -0.3 is 20.1 Å². The van der Waals surface area contributed by atoms with E-state index in [-0.39, 0.29) is 18.2 Å². The van der Waals surface area contributed by atoms with E-state index in [1.165, 1.54) is 0 Å². The molecule has 0 aromatic heterocycles. The largest absolute Gasteiger partial charge is 0.494 e. The van der Waals surface area contributed by atoms with E-state index >= 15 is 0 Å². The Labute approximate surface area is 146 Å². The zero-order valence-corrected chi connectivity index (χ0v) is 14.2. The summed E-state index contributed by atoms with van der Waals surface area (Å²) >= 11 is 0. The molecule has 1 atom stereocenters. The van der Waals surface area contributed by atoms with Crippen LogP contribution >= 0.6 is 0 Å². The van der Waals surface area contributed by atoms with Crippen molar-refractivity contribution in [2.24, 2.45) is 0 Å². The van der Waals surface area contributed by atoms with Crippen LogP contribution < -0.4 is 20.1 Å². The van der Waals surface area contributed by atoms with Crippen molar-refractivity contribution in [3.8, 4) is 11.5 Å². The van der Waals surface area contributed by atoms with Gasteiger partial charge in [0, 0.05) is 0 Å². The van der Waals surface area contributed by atoms with Crippen LogP contribution in [0.4, 0.5) is 11.4 Å². The van der Waals surface area contributed by atoms with Crippen molar-refractivity contribution in [2.75, 3.05) is 17.2 Å². The number of hydrogen-bond donors (Lipinski definition) is 2. The zero-order chi connectivity index (χ0) is 17.8. The highest BCUT2D eigenvalue weighted by atomic mass is 16.5. The fraction of sp³-hybridized carbons (Fsp3) is 0.263. The molecule has 0 spiro atoms. The Morgan fingerprint density at radius 2 is 2.00 bits per heavy atom. The van der Waals surface area contributed by atoms with Crippen molar-refractivity contribution in [3.05, 3.63) is 48.0 Å². The standard InChI is InChI=1S/C19H20N2O4/c1-3-24-14-9-7-13(8-10-14)11-17(22)20-15-5-4-6-16-18(15)21-19(23)12(2)25-16/h4-10,12H,3,11H2,1-2H3,(H,20,22)(H,21,23). The number of hydrogen-bond acceptors (Lipinski definition) is 4. The normalized spacial score (nSPS) is 15.6. The van der Waals surface area contributed by atoms with Gasteiger partial charge in [-0.05, 0) is 43.7 Å². The molecule has 2 N–H and O–H groups in total. The summed E-state index contributed by atoms with van der Waals surface area (Å²) in [5, 5.41) is 5.60. The number of para-hydroxylation sites is 1. The van der Waals surface area contributed by atoms with Gasteiger partial charge >= 0.3 is 0 Å².